The minimum Gasteiger partial charge on any atom is -0.361 e. The third-order valence-corrected chi connectivity index (χ3v) is 5.58. The predicted octanol–water partition coefficient (Wildman–Crippen LogP) is 3.25. The molecule has 3 atom stereocenters. The highest BCUT2D eigenvalue weighted by Crippen LogP contribution is 2.36. The van der Waals surface area contributed by atoms with Gasteiger partial charge < -0.3 is 10.3 Å². The first-order chi connectivity index (χ1) is 10.3. The highest BCUT2D eigenvalue weighted by molar-refractivity contribution is 6.31. The van der Waals surface area contributed by atoms with E-state index in [0.717, 1.165) is 35.0 Å². The Morgan fingerprint density at radius 1 is 1.33 bits per heavy atom. The van der Waals surface area contributed by atoms with E-state index in [0.29, 0.717) is 0 Å². The first kappa shape index (κ1) is 13.6. The van der Waals surface area contributed by atoms with E-state index in [1.54, 1.807) is 0 Å². The van der Waals surface area contributed by atoms with Crippen molar-refractivity contribution in [1.29, 1.82) is 0 Å². The second-order valence-corrected chi connectivity index (χ2v) is 6.93. The van der Waals surface area contributed by atoms with Crippen LogP contribution in [0.15, 0.2) is 24.4 Å². The zero-order valence-corrected chi connectivity index (χ0v) is 13.2. The van der Waals surface area contributed by atoms with Crippen molar-refractivity contribution in [2.24, 2.45) is 11.8 Å². The summed E-state index contributed by atoms with van der Waals surface area (Å²) < 4.78 is 0. The molecule has 0 amide bonds. The fourth-order valence-corrected chi connectivity index (χ4v) is 4.53. The largest absolute Gasteiger partial charge is 0.361 e. The molecule has 3 unspecified atom stereocenters. The monoisotopic (exact) mass is 303 g/mol. The molecule has 0 bridgehead atoms. The second kappa shape index (κ2) is 5.31. The van der Waals surface area contributed by atoms with Gasteiger partial charge in [-0.2, -0.15) is 0 Å². The van der Waals surface area contributed by atoms with E-state index in [4.69, 9.17) is 11.6 Å². The van der Waals surface area contributed by atoms with Gasteiger partial charge in [-0.3, -0.25) is 4.90 Å². The SMILES string of the molecule is CCC1C2CNCC2CN1Cc1c[nH]c2cc(Cl)ccc12. The van der Waals surface area contributed by atoms with Crippen LogP contribution < -0.4 is 5.32 Å². The summed E-state index contributed by atoms with van der Waals surface area (Å²) >= 11 is 6.07. The fraction of sp³-hybridized carbons (Fsp3) is 0.529. The molecule has 0 aliphatic carbocycles. The summed E-state index contributed by atoms with van der Waals surface area (Å²) in [5.74, 6) is 1.68. The number of aromatic nitrogens is 1. The molecule has 3 nitrogen and oxygen atoms in total. The summed E-state index contributed by atoms with van der Waals surface area (Å²) in [5, 5.41) is 5.66. The quantitative estimate of drug-likeness (QED) is 0.912. The Morgan fingerprint density at radius 2 is 2.24 bits per heavy atom. The van der Waals surface area contributed by atoms with Gasteiger partial charge in [-0.15, -0.1) is 0 Å². The zero-order chi connectivity index (χ0) is 14.4. The normalized spacial score (nSPS) is 29.3. The first-order valence-corrected chi connectivity index (χ1v) is 8.34. The van der Waals surface area contributed by atoms with Crippen molar-refractivity contribution in [3.05, 3.63) is 35.0 Å². The van der Waals surface area contributed by atoms with Crippen LogP contribution in [-0.4, -0.2) is 35.6 Å². The summed E-state index contributed by atoms with van der Waals surface area (Å²) in [6, 6.07) is 6.87. The van der Waals surface area contributed by atoms with Crippen molar-refractivity contribution in [2.45, 2.75) is 25.9 Å². The number of nitrogens with one attached hydrogen (secondary N) is 2. The third-order valence-electron chi connectivity index (χ3n) is 5.35. The maximum Gasteiger partial charge on any atom is 0.0472 e. The summed E-state index contributed by atoms with van der Waals surface area (Å²) in [6.45, 7) is 7.00. The Morgan fingerprint density at radius 3 is 3.10 bits per heavy atom. The number of benzene rings is 1. The van der Waals surface area contributed by atoms with Crippen LogP contribution in [0.5, 0.6) is 0 Å². The van der Waals surface area contributed by atoms with E-state index in [-0.39, 0.29) is 0 Å². The lowest BCUT2D eigenvalue weighted by molar-refractivity contribution is 0.211. The van der Waals surface area contributed by atoms with E-state index in [1.807, 2.05) is 12.1 Å². The van der Waals surface area contributed by atoms with Crippen LogP contribution in [0.2, 0.25) is 5.02 Å². The molecule has 1 aromatic carbocycles. The van der Waals surface area contributed by atoms with Gasteiger partial charge in [0.1, 0.15) is 0 Å². The molecular weight excluding hydrogens is 282 g/mol. The van der Waals surface area contributed by atoms with Gasteiger partial charge in [-0.25, -0.2) is 0 Å². The molecule has 0 saturated carbocycles. The summed E-state index contributed by atoms with van der Waals surface area (Å²) in [6.07, 6.45) is 3.40. The lowest BCUT2D eigenvalue weighted by atomic mass is 9.93. The van der Waals surface area contributed by atoms with Crippen LogP contribution in [0.3, 0.4) is 0 Å². The van der Waals surface area contributed by atoms with Crippen molar-refractivity contribution in [3.8, 4) is 0 Å². The van der Waals surface area contributed by atoms with Gasteiger partial charge in [0.15, 0.2) is 0 Å². The van der Waals surface area contributed by atoms with E-state index in [2.05, 4.69) is 34.4 Å². The molecule has 2 saturated heterocycles. The summed E-state index contributed by atoms with van der Waals surface area (Å²) in [5.41, 5.74) is 2.54. The Labute approximate surface area is 130 Å². The van der Waals surface area contributed by atoms with Gasteiger partial charge in [0.05, 0.1) is 0 Å². The van der Waals surface area contributed by atoms with E-state index >= 15 is 0 Å². The van der Waals surface area contributed by atoms with Crippen molar-refractivity contribution in [2.75, 3.05) is 19.6 Å². The van der Waals surface area contributed by atoms with E-state index in [9.17, 15) is 0 Å². The average Bonchev–Trinajstić information content (AvgIpc) is 3.13. The molecule has 21 heavy (non-hydrogen) atoms. The molecule has 2 fully saturated rings. The van der Waals surface area contributed by atoms with Crippen LogP contribution >= 0.6 is 11.6 Å². The number of halogens is 1. The van der Waals surface area contributed by atoms with Gasteiger partial charge in [-0.05, 0) is 49.0 Å². The Hall–Kier alpha value is -1.03. The Bertz CT molecular complexity index is 651. The van der Waals surface area contributed by atoms with Gasteiger partial charge in [0.2, 0.25) is 0 Å². The smallest absolute Gasteiger partial charge is 0.0472 e. The number of rotatable bonds is 3. The maximum absolute atomic E-state index is 6.07. The Kier molecular flexibility index (Phi) is 3.44. The average molecular weight is 304 g/mol. The zero-order valence-electron chi connectivity index (χ0n) is 12.4. The number of hydrogen-bond acceptors (Lipinski definition) is 2. The number of nitrogens with zero attached hydrogens (tertiary/aromatic N) is 1. The summed E-state index contributed by atoms with van der Waals surface area (Å²) in [4.78, 5) is 6.05. The molecule has 2 aromatic rings. The summed E-state index contributed by atoms with van der Waals surface area (Å²) in [7, 11) is 0. The molecule has 2 N–H and O–H groups in total. The molecule has 4 rings (SSSR count). The topological polar surface area (TPSA) is 31.1 Å². The van der Waals surface area contributed by atoms with Crippen LogP contribution in [0.1, 0.15) is 18.9 Å². The van der Waals surface area contributed by atoms with Crippen LogP contribution in [0, 0.1) is 11.8 Å². The maximum atomic E-state index is 6.07. The minimum absolute atomic E-state index is 0.724. The number of likely N-dealkylation sites (tertiary alicyclic amines) is 1. The minimum atomic E-state index is 0.724. The molecule has 3 heterocycles. The molecule has 1 aromatic heterocycles. The van der Waals surface area contributed by atoms with Crippen molar-refractivity contribution in [1.82, 2.24) is 15.2 Å². The van der Waals surface area contributed by atoms with Gasteiger partial charge >= 0.3 is 0 Å². The molecule has 0 spiro atoms. The van der Waals surface area contributed by atoms with E-state index < -0.39 is 0 Å². The van der Waals surface area contributed by atoms with Crippen LogP contribution in [0.25, 0.3) is 10.9 Å². The van der Waals surface area contributed by atoms with Crippen molar-refractivity contribution < 1.29 is 0 Å². The van der Waals surface area contributed by atoms with Crippen molar-refractivity contribution >= 4 is 22.5 Å². The predicted molar refractivity (Wildman–Crippen MR) is 87.6 cm³/mol. The number of fused-ring (bicyclic) bond motifs is 2. The highest BCUT2D eigenvalue weighted by Gasteiger charge is 2.42. The Balaban J connectivity index is 1.60. The second-order valence-electron chi connectivity index (χ2n) is 6.49. The third kappa shape index (κ3) is 2.28. The number of aromatic amines is 1. The molecule has 2 aliphatic rings. The molecule has 4 heteroatoms. The lowest BCUT2D eigenvalue weighted by Crippen LogP contribution is -2.34. The van der Waals surface area contributed by atoms with Gasteiger partial charge in [0, 0.05) is 41.3 Å². The first-order valence-electron chi connectivity index (χ1n) is 7.96. The van der Waals surface area contributed by atoms with Crippen molar-refractivity contribution in [3.63, 3.8) is 0 Å². The van der Waals surface area contributed by atoms with Gasteiger partial charge in [-0.1, -0.05) is 24.6 Å². The number of H-pyrrole nitrogens is 1. The number of hydrogen-bond donors (Lipinski definition) is 2. The molecular formula is C17H22ClN3. The highest BCUT2D eigenvalue weighted by atomic mass is 35.5. The van der Waals surface area contributed by atoms with Crippen LogP contribution in [-0.2, 0) is 6.54 Å². The van der Waals surface area contributed by atoms with E-state index in [1.165, 1.54) is 37.0 Å². The standard InChI is InChI=1S/C17H22ClN3/c1-2-17-15-8-19-6-11(15)9-21(17)10-12-7-20-16-5-13(18)3-4-14(12)16/h3-5,7,11,15,17,19-20H,2,6,8-10H2,1H3. The molecule has 112 valence electrons. The van der Waals surface area contributed by atoms with Gasteiger partial charge in [0.25, 0.3) is 0 Å². The lowest BCUT2D eigenvalue weighted by Gasteiger charge is -2.26. The van der Waals surface area contributed by atoms with Crippen LogP contribution in [0.4, 0.5) is 0 Å². The molecule has 0 radical (unpaired) electrons. The molecule has 2 aliphatic heterocycles. The fourth-order valence-electron chi connectivity index (χ4n) is 4.36.